The van der Waals surface area contributed by atoms with Crippen molar-refractivity contribution in [3.63, 3.8) is 0 Å². The summed E-state index contributed by atoms with van der Waals surface area (Å²) >= 11 is 25.2. The van der Waals surface area contributed by atoms with Crippen LogP contribution >= 0.6 is 66.7 Å². The number of anilines is 1. The number of hydrogen-bond acceptors (Lipinski definition) is 3. The highest BCUT2D eigenvalue weighted by Gasteiger charge is 2.16. The molecule has 144 valence electrons. The van der Waals surface area contributed by atoms with Crippen LogP contribution in [0.25, 0.3) is 5.69 Å². The molecule has 0 aliphatic heterocycles. The van der Waals surface area contributed by atoms with Crippen LogP contribution in [-0.4, -0.2) is 21.7 Å². The van der Waals surface area contributed by atoms with Crippen molar-refractivity contribution < 1.29 is 9.59 Å². The molecule has 0 radical (unpaired) electrons. The molecular weight excluding hydrogens is 558 g/mol. The number of nitrogens with one attached hydrogen (secondary N) is 2. The molecule has 3 aromatic rings. The van der Waals surface area contributed by atoms with E-state index in [4.69, 9.17) is 34.8 Å². The third kappa shape index (κ3) is 4.69. The number of carbonyl (C=O) groups is 2. The number of amides is 3. The van der Waals surface area contributed by atoms with Crippen molar-refractivity contribution in [3.8, 4) is 5.69 Å². The summed E-state index contributed by atoms with van der Waals surface area (Å²) in [7, 11) is 0. The van der Waals surface area contributed by atoms with E-state index in [2.05, 4.69) is 47.6 Å². The van der Waals surface area contributed by atoms with Crippen molar-refractivity contribution in [1.82, 2.24) is 15.1 Å². The first-order valence-electron chi connectivity index (χ1n) is 7.53. The summed E-state index contributed by atoms with van der Waals surface area (Å²) in [5, 5.41) is 9.68. The fourth-order valence-corrected chi connectivity index (χ4v) is 3.71. The van der Waals surface area contributed by atoms with E-state index >= 15 is 0 Å². The summed E-state index contributed by atoms with van der Waals surface area (Å²) in [5.74, 6) is -0.636. The van der Waals surface area contributed by atoms with E-state index in [1.165, 1.54) is 22.9 Å². The van der Waals surface area contributed by atoms with Crippen molar-refractivity contribution in [3.05, 3.63) is 72.3 Å². The monoisotopic (exact) mass is 564 g/mol. The van der Waals surface area contributed by atoms with Crippen LogP contribution in [0.1, 0.15) is 10.4 Å². The Bertz CT molecular complexity index is 1050. The van der Waals surface area contributed by atoms with Gasteiger partial charge in [0.25, 0.3) is 5.91 Å². The van der Waals surface area contributed by atoms with E-state index in [9.17, 15) is 9.59 Å². The van der Waals surface area contributed by atoms with Crippen LogP contribution in [0.2, 0.25) is 15.1 Å². The highest BCUT2D eigenvalue weighted by Crippen LogP contribution is 2.34. The summed E-state index contributed by atoms with van der Waals surface area (Å²) < 4.78 is 2.79. The maximum Gasteiger partial charge on any atom is 0.326 e. The number of halogens is 5. The molecular formula is C17H9Br2Cl3N4O2. The second-order valence-electron chi connectivity index (χ2n) is 5.39. The van der Waals surface area contributed by atoms with Gasteiger partial charge in [0.1, 0.15) is 10.3 Å². The first kappa shape index (κ1) is 21.1. The molecule has 2 aromatic carbocycles. The second-order valence-corrected chi connectivity index (χ2v) is 8.22. The quantitative estimate of drug-likeness (QED) is 0.389. The molecule has 0 atom stereocenters. The van der Waals surface area contributed by atoms with E-state index in [1.807, 2.05) is 0 Å². The van der Waals surface area contributed by atoms with Crippen LogP contribution in [0.5, 0.6) is 0 Å². The Hall–Kier alpha value is -1.58. The highest BCUT2D eigenvalue weighted by molar-refractivity contribution is 9.13. The highest BCUT2D eigenvalue weighted by atomic mass is 79.9. The lowest BCUT2D eigenvalue weighted by Crippen LogP contribution is -2.34. The molecule has 0 saturated carbocycles. The molecule has 0 bridgehead atoms. The Morgan fingerprint density at radius 2 is 1.64 bits per heavy atom. The number of imide groups is 1. The number of nitrogens with zero attached hydrogens (tertiary/aromatic N) is 2. The molecule has 11 heteroatoms. The lowest BCUT2D eigenvalue weighted by Gasteiger charge is -2.12. The van der Waals surface area contributed by atoms with E-state index in [1.54, 1.807) is 24.4 Å². The van der Waals surface area contributed by atoms with Gasteiger partial charge in [-0.3, -0.25) is 10.1 Å². The molecule has 1 heterocycles. The van der Waals surface area contributed by atoms with Gasteiger partial charge < -0.3 is 5.32 Å². The summed E-state index contributed by atoms with van der Waals surface area (Å²) in [5.41, 5.74) is 0.918. The zero-order valence-electron chi connectivity index (χ0n) is 13.6. The second kappa shape index (κ2) is 8.84. The maximum absolute atomic E-state index is 12.1. The zero-order valence-corrected chi connectivity index (χ0v) is 19.1. The molecule has 0 aliphatic carbocycles. The minimum atomic E-state index is -0.755. The molecule has 3 rings (SSSR count). The molecule has 1 aromatic heterocycles. The number of rotatable bonds is 3. The van der Waals surface area contributed by atoms with Crippen LogP contribution in [-0.2, 0) is 0 Å². The van der Waals surface area contributed by atoms with Crippen LogP contribution < -0.4 is 10.6 Å². The van der Waals surface area contributed by atoms with Gasteiger partial charge in [-0.1, -0.05) is 46.9 Å². The van der Waals surface area contributed by atoms with Crippen molar-refractivity contribution in [2.45, 2.75) is 0 Å². The predicted molar refractivity (Wildman–Crippen MR) is 117 cm³/mol. The van der Waals surface area contributed by atoms with Crippen LogP contribution in [0.4, 0.5) is 10.5 Å². The lowest BCUT2D eigenvalue weighted by atomic mass is 10.2. The molecule has 3 amide bonds. The van der Waals surface area contributed by atoms with E-state index in [0.717, 1.165) is 4.47 Å². The van der Waals surface area contributed by atoms with E-state index < -0.39 is 11.9 Å². The van der Waals surface area contributed by atoms with E-state index in [-0.39, 0.29) is 20.6 Å². The summed E-state index contributed by atoms with van der Waals surface area (Å²) in [6, 6.07) is 8.61. The van der Waals surface area contributed by atoms with Crippen molar-refractivity contribution >= 4 is 84.3 Å². The zero-order chi connectivity index (χ0) is 20.4. The standard InChI is InChI=1S/C17H9Br2Cl3N4O2/c18-10-7-26(25-15(10)19)14-12(21)5-8(6-13(14)22)23-17(28)24-16(27)9-3-1-2-4-11(9)20/h1-7H,(H2,23,24,27,28). The SMILES string of the molecule is O=C(NC(=O)c1ccccc1Cl)Nc1cc(Cl)c(-n2cc(Br)c(Br)n2)c(Cl)c1. The number of hydrogen-bond donors (Lipinski definition) is 2. The normalized spacial score (nSPS) is 10.6. The summed E-state index contributed by atoms with van der Waals surface area (Å²) in [4.78, 5) is 24.3. The molecule has 0 unspecified atom stereocenters. The fourth-order valence-electron chi connectivity index (χ4n) is 2.28. The number of urea groups is 1. The molecule has 0 aliphatic rings. The van der Waals surface area contributed by atoms with Crippen molar-refractivity contribution in [1.29, 1.82) is 0 Å². The Morgan fingerprint density at radius 1 is 1.00 bits per heavy atom. The fraction of sp³-hybridized carbons (Fsp3) is 0. The van der Waals surface area contributed by atoms with E-state index in [0.29, 0.717) is 16.0 Å². The Labute approximate surface area is 191 Å². The van der Waals surface area contributed by atoms with Crippen molar-refractivity contribution in [2.75, 3.05) is 5.32 Å². The smallest absolute Gasteiger partial charge is 0.308 e. The van der Waals surface area contributed by atoms with Gasteiger partial charge in [-0.15, -0.1) is 0 Å². The van der Waals surface area contributed by atoms with Gasteiger partial charge in [0.2, 0.25) is 0 Å². The molecule has 0 fully saturated rings. The minimum absolute atomic E-state index is 0.181. The number of aromatic nitrogens is 2. The Kier molecular flexibility index (Phi) is 6.67. The van der Waals surface area contributed by atoms with Gasteiger partial charge in [0, 0.05) is 11.9 Å². The van der Waals surface area contributed by atoms with Gasteiger partial charge in [-0.05, 0) is 56.1 Å². The van der Waals surface area contributed by atoms with Crippen molar-refractivity contribution in [2.24, 2.45) is 0 Å². The van der Waals surface area contributed by atoms with Gasteiger partial charge in [0.05, 0.1) is 25.1 Å². The first-order valence-corrected chi connectivity index (χ1v) is 10.2. The van der Waals surface area contributed by atoms with Crippen LogP contribution in [0, 0.1) is 0 Å². The van der Waals surface area contributed by atoms with Gasteiger partial charge >= 0.3 is 6.03 Å². The topological polar surface area (TPSA) is 76.0 Å². The summed E-state index contributed by atoms with van der Waals surface area (Å²) in [6.07, 6.45) is 1.68. The predicted octanol–water partition coefficient (Wildman–Crippen LogP) is 6.32. The lowest BCUT2D eigenvalue weighted by molar-refractivity contribution is 0.0967. The number of benzene rings is 2. The molecule has 0 spiro atoms. The molecule has 2 N–H and O–H groups in total. The average Bonchev–Trinajstić information content (AvgIpc) is 2.92. The maximum atomic E-state index is 12.1. The van der Waals surface area contributed by atoms with Crippen LogP contribution in [0.3, 0.4) is 0 Å². The molecule has 0 saturated heterocycles. The first-order chi connectivity index (χ1) is 13.3. The Balaban J connectivity index is 1.77. The largest absolute Gasteiger partial charge is 0.326 e. The molecule has 6 nitrogen and oxygen atoms in total. The molecule has 28 heavy (non-hydrogen) atoms. The third-order valence-corrected chi connectivity index (χ3v) is 6.08. The Morgan fingerprint density at radius 3 is 2.21 bits per heavy atom. The van der Waals surface area contributed by atoms with Gasteiger partial charge in [0.15, 0.2) is 0 Å². The third-order valence-electron chi connectivity index (χ3n) is 3.48. The summed E-state index contributed by atoms with van der Waals surface area (Å²) in [6.45, 7) is 0. The minimum Gasteiger partial charge on any atom is -0.308 e. The van der Waals surface area contributed by atoms with Gasteiger partial charge in [-0.2, -0.15) is 5.10 Å². The average molecular weight is 567 g/mol. The van der Waals surface area contributed by atoms with Gasteiger partial charge in [-0.25, -0.2) is 9.48 Å². The number of carbonyl (C=O) groups excluding carboxylic acids is 2. The van der Waals surface area contributed by atoms with Crippen LogP contribution in [0.15, 0.2) is 51.7 Å².